The molecule has 0 radical (unpaired) electrons. The van der Waals surface area contributed by atoms with Gasteiger partial charge in [-0.1, -0.05) is 12.1 Å². The van der Waals surface area contributed by atoms with E-state index in [0.717, 1.165) is 31.8 Å². The lowest BCUT2D eigenvalue weighted by Gasteiger charge is -2.05. The van der Waals surface area contributed by atoms with Crippen molar-refractivity contribution in [3.63, 3.8) is 0 Å². The van der Waals surface area contributed by atoms with Crippen LogP contribution in [0, 0.1) is 5.82 Å². The van der Waals surface area contributed by atoms with Crippen LogP contribution in [0.4, 0.5) is 4.39 Å². The van der Waals surface area contributed by atoms with Gasteiger partial charge in [-0.2, -0.15) is 11.3 Å². The van der Waals surface area contributed by atoms with Gasteiger partial charge in [-0.15, -0.1) is 11.3 Å². The first kappa shape index (κ1) is 16.1. The van der Waals surface area contributed by atoms with Gasteiger partial charge in [0.25, 0.3) is 0 Å². The van der Waals surface area contributed by atoms with Crippen LogP contribution in [0.15, 0.2) is 59.4 Å². The van der Waals surface area contributed by atoms with Crippen molar-refractivity contribution < 1.29 is 9.18 Å². The lowest BCUT2D eigenvalue weighted by molar-refractivity contribution is -0.117. The number of thiophene rings is 2. The minimum absolute atomic E-state index is 0.174. The van der Waals surface area contributed by atoms with Crippen molar-refractivity contribution in [2.75, 3.05) is 0 Å². The van der Waals surface area contributed by atoms with Crippen LogP contribution in [-0.4, -0.2) is 10.8 Å². The number of hydrogen-bond acceptors (Lipinski definition) is 4. The van der Waals surface area contributed by atoms with Gasteiger partial charge in [-0.05, 0) is 52.2 Å². The standard InChI is InChI=1S/C20H14FNOS2/c21-15-5-3-14(4-6-15)19-17-2-1-8-22-20(17)25-18(19)11-16(23)10-13-7-9-24-12-13/h1-9,12H,10-11H2. The summed E-state index contributed by atoms with van der Waals surface area (Å²) in [4.78, 5) is 18.8. The quantitative estimate of drug-likeness (QED) is 0.465. The van der Waals surface area contributed by atoms with Crippen molar-refractivity contribution >= 4 is 38.7 Å². The van der Waals surface area contributed by atoms with Gasteiger partial charge in [-0.25, -0.2) is 9.37 Å². The molecule has 0 N–H and O–H groups in total. The number of Topliss-reactive ketones (excluding diaryl/α,β-unsaturated/α-hetero) is 1. The number of ketones is 1. The Morgan fingerprint density at radius 1 is 1.08 bits per heavy atom. The van der Waals surface area contributed by atoms with Crippen LogP contribution >= 0.6 is 22.7 Å². The second-order valence-electron chi connectivity index (χ2n) is 5.79. The molecule has 124 valence electrons. The average molecular weight is 367 g/mol. The lowest BCUT2D eigenvalue weighted by Crippen LogP contribution is -2.05. The minimum Gasteiger partial charge on any atom is -0.299 e. The Hall–Kier alpha value is -2.37. The summed E-state index contributed by atoms with van der Waals surface area (Å²) in [5.74, 6) is -0.0928. The second kappa shape index (κ2) is 6.86. The van der Waals surface area contributed by atoms with Crippen molar-refractivity contribution in [3.05, 3.63) is 75.7 Å². The molecule has 0 bridgehead atoms. The van der Waals surface area contributed by atoms with Crippen LogP contribution in [0.1, 0.15) is 10.4 Å². The third-order valence-corrected chi connectivity index (χ3v) is 5.86. The van der Waals surface area contributed by atoms with E-state index in [1.165, 1.54) is 12.1 Å². The van der Waals surface area contributed by atoms with Crippen molar-refractivity contribution in [1.29, 1.82) is 0 Å². The summed E-state index contributed by atoms with van der Waals surface area (Å²) in [6.45, 7) is 0. The number of benzene rings is 1. The number of hydrogen-bond donors (Lipinski definition) is 0. The Labute approximate surface area is 152 Å². The first-order valence-corrected chi connectivity index (χ1v) is 9.62. The molecule has 3 heterocycles. The number of fused-ring (bicyclic) bond motifs is 1. The van der Waals surface area contributed by atoms with E-state index in [0.29, 0.717) is 12.8 Å². The molecule has 4 aromatic rings. The Morgan fingerprint density at radius 3 is 2.68 bits per heavy atom. The summed E-state index contributed by atoms with van der Waals surface area (Å²) in [5.41, 5.74) is 2.96. The normalized spacial score (nSPS) is 11.1. The van der Waals surface area contributed by atoms with E-state index < -0.39 is 0 Å². The zero-order chi connectivity index (χ0) is 17.2. The van der Waals surface area contributed by atoms with Gasteiger partial charge in [0.2, 0.25) is 0 Å². The number of halogens is 1. The van der Waals surface area contributed by atoms with E-state index in [4.69, 9.17) is 0 Å². The Kier molecular flexibility index (Phi) is 4.42. The summed E-state index contributed by atoms with van der Waals surface area (Å²) in [5, 5.41) is 5.00. The molecule has 2 nitrogen and oxygen atoms in total. The number of aromatic nitrogens is 1. The van der Waals surface area contributed by atoms with E-state index in [1.54, 1.807) is 41.0 Å². The fraction of sp³-hybridized carbons (Fsp3) is 0.100. The fourth-order valence-corrected chi connectivity index (χ4v) is 4.76. The van der Waals surface area contributed by atoms with Gasteiger partial charge in [0.05, 0.1) is 0 Å². The Bertz CT molecular complexity index is 1020. The van der Waals surface area contributed by atoms with E-state index in [9.17, 15) is 9.18 Å². The van der Waals surface area contributed by atoms with Gasteiger partial charge >= 0.3 is 0 Å². The van der Waals surface area contributed by atoms with Crippen LogP contribution in [0.3, 0.4) is 0 Å². The zero-order valence-electron chi connectivity index (χ0n) is 13.2. The van der Waals surface area contributed by atoms with Crippen LogP contribution < -0.4 is 0 Å². The summed E-state index contributed by atoms with van der Waals surface area (Å²) in [7, 11) is 0. The van der Waals surface area contributed by atoms with Gasteiger partial charge in [0.15, 0.2) is 0 Å². The van der Waals surface area contributed by atoms with Gasteiger partial charge < -0.3 is 0 Å². The fourth-order valence-electron chi connectivity index (χ4n) is 2.90. The molecule has 0 atom stereocenters. The molecule has 4 rings (SSSR count). The first-order chi connectivity index (χ1) is 12.2. The molecular formula is C20H14FNOS2. The smallest absolute Gasteiger partial charge is 0.142 e. The third-order valence-electron chi connectivity index (χ3n) is 4.01. The number of nitrogens with zero attached hydrogens (tertiary/aromatic N) is 1. The van der Waals surface area contributed by atoms with E-state index in [2.05, 4.69) is 4.98 Å². The molecule has 0 aliphatic rings. The predicted octanol–water partition coefficient (Wildman–Crippen LogP) is 5.52. The number of pyridine rings is 1. The summed E-state index contributed by atoms with van der Waals surface area (Å²) in [6.07, 6.45) is 2.56. The molecule has 0 spiro atoms. The highest BCUT2D eigenvalue weighted by atomic mass is 32.1. The number of carbonyl (C=O) groups excluding carboxylic acids is 1. The highest BCUT2D eigenvalue weighted by Gasteiger charge is 2.17. The van der Waals surface area contributed by atoms with Crippen LogP contribution in [0.25, 0.3) is 21.3 Å². The Morgan fingerprint density at radius 2 is 1.92 bits per heavy atom. The monoisotopic (exact) mass is 367 g/mol. The molecule has 0 aliphatic carbocycles. The average Bonchev–Trinajstić information content (AvgIpc) is 3.23. The molecule has 0 aliphatic heterocycles. The van der Waals surface area contributed by atoms with Crippen LogP contribution in [0.2, 0.25) is 0 Å². The molecule has 0 fully saturated rings. The van der Waals surface area contributed by atoms with Crippen LogP contribution in [0.5, 0.6) is 0 Å². The maximum absolute atomic E-state index is 13.3. The molecular weight excluding hydrogens is 353 g/mol. The van der Waals surface area contributed by atoms with Crippen LogP contribution in [-0.2, 0) is 17.6 Å². The summed E-state index contributed by atoms with van der Waals surface area (Å²) in [6, 6.07) is 12.3. The topological polar surface area (TPSA) is 30.0 Å². The summed E-state index contributed by atoms with van der Waals surface area (Å²) >= 11 is 3.14. The molecule has 5 heteroatoms. The molecule has 3 aromatic heterocycles. The molecule has 0 saturated carbocycles. The minimum atomic E-state index is -0.267. The van der Waals surface area contributed by atoms with E-state index in [1.807, 2.05) is 29.0 Å². The maximum Gasteiger partial charge on any atom is 0.142 e. The van der Waals surface area contributed by atoms with Gasteiger partial charge in [0.1, 0.15) is 16.4 Å². The Balaban J connectivity index is 1.73. The highest BCUT2D eigenvalue weighted by molar-refractivity contribution is 7.19. The van der Waals surface area contributed by atoms with Gasteiger partial charge in [-0.3, -0.25) is 4.79 Å². The first-order valence-electron chi connectivity index (χ1n) is 7.86. The molecule has 25 heavy (non-hydrogen) atoms. The van der Waals surface area contributed by atoms with Crippen molar-refractivity contribution in [2.24, 2.45) is 0 Å². The van der Waals surface area contributed by atoms with Crippen molar-refractivity contribution in [3.8, 4) is 11.1 Å². The SMILES string of the molecule is O=C(Cc1ccsc1)Cc1sc2ncccc2c1-c1ccc(F)cc1. The highest BCUT2D eigenvalue weighted by Crippen LogP contribution is 2.38. The molecule has 1 aromatic carbocycles. The predicted molar refractivity (Wildman–Crippen MR) is 102 cm³/mol. The maximum atomic E-state index is 13.3. The third kappa shape index (κ3) is 3.38. The van der Waals surface area contributed by atoms with E-state index >= 15 is 0 Å². The van der Waals surface area contributed by atoms with Crippen molar-refractivity contribution in [2.45, 2.75) is 12.8 Å². The molecule has 0 unspecified atom stereocenters. The van der Waals surface area contributed by atoms with E-state index in [-0.39, 0.29) is 11.6 Å². The van der Waals surface area contributed by atoms with Crippen molar-refractivity contribution in [1.82, 2.24) is 4.98 Å². The number of rotatable bonds is 5. The number of carbonyl (C=O) groups is 1. The summed E-state index contributed by atoms with van der Waals surface area (Å²) < 4.78 is 13.3. The van der Waals surface area contributed by atoms with Gasteiger partial charge in [0, 0.05) is 34.9 Å². The molecule has 0 amide bonds. The second-order valence-corrected chi connectivity index (χ2v) is 7.65. The largest absolute Gasteiger partial charge is 0.299 e. The zero-order valence-corrected chi connectivity index (χ0v) is 14.9. The lowest BCUT2D eigenvalue weighted by atomic mass is 9.99. The molecule has 0 saturated heterocycles.